The fourth-order valence-corrected chi connectivity index (χ4v) is 5.34. The van der Waals surface area contributed by atoms with Gasteiger partial charge in [-0.1, -0.05) is 29.3 Å². The van der Waals surface area contributed by atoms with Crippen molar-refractivity contribution in [2.75, 3.05) is 13.1 Å². The minimum atomic E-state index is -3.57. The van der Waals surface area contributed by atoms with Crippen LogP contribution in [0.4, 0.5) is 0 Å². The Morgan fingerprint density at radius 2 is 1.85 bits per heavy atom. The fraction of sp³-hybridized carbons (Fsp3) is 0.389. The van der Waals surface area contributed by atoms with Gasteiger partial charge in [0.15, 0.2) is 0 Å². The van der Waals surface area contributed by atoms with Gasteiger partial charge < -0.3 is 9.88 Å². The molecular weight excluding hydrogens is 409 g/mol. The first-order chi connectivity index (χ1) is 12.7. The molecule has 1 N–H and O–H groups in total. The Morgan fingerprint density at radius 1 is 1.19 bits per heavy atom. The van der Waals surface area contributed by atoms with Crippen LogP contribution in [0.25, 0.3) is 0 Å². The van der Waals surface area contributed by atoms with Gasteiger partial charge in [-0.15, -0.1) is 0 Å². The van der Waals surface area contributed by atoms with E-state index in [-0.39, 0.29) is 22.5 Å². The predicted octanol–water partition coefficient (Wildman–Crippen LogP) is 3.61. The zero-order valence-electron chi connectivity index (χ0n) is 15.1. The molecule has 1 amide bonds. The summed E-state index contributed by atoms with van der Waals surface area (Å²) >= 11 is 12.1. The van der Waals surface area contributed by atoms with Gasteiger partial charge >= 0.3 is 0 Å². The lowest BCUT2D eigenvalue weighted by atomic mass is 10.1. The lowest BCUT2D eigenvalue weighted by Gasteiger charge is -2.16. The third kappa shape index (κ3) is 4.16. The topological polar surface area (TPSA) is 71.4 Å². The zero-order chi connectivity index (χ0) is 19.8. The van der Waals surface area contributed by atoms with Crippen molar-refractivity contribution in [1.82, 2.24) is 14.2 Å². The number of nitrogens with zero attached hydrogens (tertiary/aromatic N) is 2. The average Bonchev–Trinajstić information content (AvgIpc) is 3.24. The van der Waals surface area contributed by atoms with E-state index in [1.807, 2.05) is 0 Å². The smallest absolute Gasteiger partial charge is 0.268 e. The van der Waals surface area contributed by atoms with Crippen molar-refractivity contribution in [3.63, 3.8) is 0 Å². The van der Waals surface area contributed by atoms with E-state index in [2.05, 4.69) is 5.32 Å². The number of nitrogens with one attached hydrogen (secondary N) is 1. The summed E-state index contributed by atoms with van der Waals surface area (Å²) in [5.74, 6) is -0.376. The second-order valence-electron chi connectivity index (χ2n) is 6.64. The summed E-state index contributed by atoms with van der Waals surface area (Å²) in [5.41, 5.74) is 0.998. The summed E-state index contributed by atoms with van der Waals surface area (Å²) in [6.45, 7) is 2.84. The third-order valence-corrected chi connectivity index (χ3v) is 7.12. The van der Waals surface area contributed by atoms with Crippen molar-refractivity contribution < 1.29 is 13.2 Å². The molecule has 0 saturated carbocycles. The van der Waals surface area contributed by atoms with E-state index >= 15 is 0 Å². The summed E-state index contributed by atoms with van der Waals surface area (Å²) in [7, 11) is -1.92. The van der Waals surface area contributed by atoms with E-state index in [0.717, 1.165) is 18.4 Å². The molecule has 1 aromatic carbocycles. The largest absolute Gasteiger partial charge is 0.345 e. The van der Waals surface area contributed by atoms with E-state index in [1.165, 1.54) is 21.1 Å². The average molecular weight is 430 g/mol. The zero-order valence-corrected chi connectivity index (χ0v) is 17.4. The number of benzene rings is 1. The highest BCUT2D eigenvalue weighted by Gasteiger charge is 2.29. The second kappa shape index (κ2) is 7.83. The maximum Gasteiger partial charge on any atom is 0.268 e. The number of amides is 1. The van der Waals surface area contributed by atoms with Gasteiger partial charge in [-0.2, -0.15) is 4.31 Å². The molecule has 1 aromatic heterocycles. The number of carbonyl (C=O) groups excluding carboxylic acids is 1. The summed E-state index contributed by atoms with van der Waals surface area (Å²) in [5, 5.41) is 3.83. The van der Waals surface area contributed by atoms with Gasteiger partial charge in [0, 0.05) is 36.4 Å². The van der Waals surface area contributed by atoms with Crippen LogP contribution in [-0.4, -0.2) is 36.3 Å². The molecule has 2 heterocycles. The molecule has 6 nitrogen and oxygen atoms in total. The highest BCUT2D eigenvalue weighted by atomic mass is 35.5. The number of sulfonamides is 1. The quantitative estimate of drug-likeness (QED) is 0.788. The van der Waals surface area contributed by atoms with E-state index in [9.17, 15) is 13.2 Å². The van der Waals surface area contributed by atoms with Crippen LogP contribution < -0.4 is 5.32 Å². The van der Waals surface area contributed by atoms with Gasteiger partial charge in [0.05, 0.1) is 6.04 Å². The third-order valence-electron chi connectivity index (χ3n) is 4.69. The van der Waals surface area contributed by atoms with Gasteiger partial charge in [-0.05, 0) is 43.5 Å². The Balaban J connectivity index is 1.80. The standard InChI is InChI=1S/C18H21Cl2N3O3S/c1-12(15-6-5-13(19)9-16(15)20)21-18(24)17-10-14(11-22(17)2)27(25,26)23-7-3-4-8-23/h5-6,9-12H,3-4,7-8H2,1-2H3,(H,21,24)/t12-/m0/s1. The molecule has 0 spiro atoms. The molecule has 1 fully saturated rings. The van der Waals surface area contributed by atoms with Gasteiger partial charge in [-0.25, -0.2) is 8.42 Å². The number of aromatic nitrogens is 1. The molecule has 27 heavy (non-hydrogen) atoms. The number of rotatable bonds is 5. The maximum absolute atomic E-state index is 12.7. The Hall–Kier alpha value is -1.54. The maximum atomic E-state index is 12.7. The van der Waals surface area contributed by atoms with Crippen molar-refractivity contribution in [1.29, 1.82) is 0 Å². The van der Waals surface area contributed by atoms with Crippen LogP contribution >= 0.6 is 23.2 Å². The predicted molar refractivity (Wildman–Crippen MR) is 106 cm³/mol. The molecule has 1 aliphatic heterocycles. The Morgan fingerprint density at radius 3 is 2.48 bits per heavy atom. The lowest BCUT2D eigenvalue weighted by Crippen LogP contribution is -2.28. The van der Waals surface area contributed by atoms with Gasteiger partial charge in [-0.3, -0.25) is 4.79 Å². The molecule has 1 aliphatic rings. The number of carbonyl (C=O) groups is 1. The van der Waals surface area contributed by atoms with E-state index in [0.29, 0.717) is 23.1 Å². The van der Waals surface area contributed by atoms with E-state index in [4.69, 9.17) is 23.2 Å². The molecule has 1 saturated heterocycles. The number of aryl methyl sites for hydroxylation is 1. The van der Waals surface area contributed by atoms with Crippen molar-refractivity contribution in [2.45, 2.75) is 30.7 Å². The summed E-state index contributed by atoms with van der Waals surface area (Å²) < 4.78 is 28.4. The molecule has 0 bridgehead atoms. The normalized spacial score (nSPS) is 16.4. The number of hydrogen-bond acceptors (Lipinski definition) is 3. The van der Waals surface area contributed by atoms with Crippen LogP contribution in [0.5, 0.6) is 0 Å². The van der Waals surface area contributed by atoms with Crippen LogP contribution in [0, 0.1) is 0 Å². The Kier molecular flexibility index (Phi) is 5.86. The molecule has 0 aliphatic carbocycles. The number of halogens is 2. The Labute approximate surface area is 169 Å². The SMILES string of the molecule is C[C@H](NC(=O)c1cc(S(=O)(=O)N2CCCC2)cn1C)c1ccc(Cl)cc1Cl. The monoisotopic (exact) mass is 429 g/mol. The van der Waals surface area contributed by atoms with Gasteiger partial charge in [0.2, 0.25) is 10.0 Å². The minimum absolute atomic E-state index is 0.134. The van der Waals surface area contributed by atoms with Crippen molar-refractivity contribution in [3.8, 4) is 0 Å². The van der Waals surface area contributed by atoms with Crippen molar-refractivity contribution >= 4 is 39.1 Å². The molecule has 1 atom stereocenters. The highest BCUT2D eigenvalue weighted by molar-refractivity contribution is 7.89. The van der Waals surface area contributed by atoms with Crippen LogP contribution in [-0.2, 0) is 17.1 Å². The van der Waals surface area contributed by atoms with Gasteiger partial charge in [0.1, 0.15) is 10.6 Å². The summed E-state index contributed by atoms with van der Waals surface area (Å²) in [6, 6.07) is 6.12. The summed E-state index contributed by atoms with van der Waals surface area (Å²) in [4.78, 5) is 12.8. The van der Waals surface area contributed by atoms with E-state index in [1.54, 1.807) is 32.2 Å². The second-order valence-corrected chi connectivity index (χ2v) is 9.43. The fourth-order valence-electron chi connectivity index (χ4n) is 3.18. The molecular formula is C18H21Cl2N3O3S. The van der Waals surface area contributed by atoms with Crippen molar-refractivity contribution in [2.24, 2.45) is 7.05 Å². The first kappa shape index (κ1) is 20.2. The van der Waals surface area contributed by atoms with Gasteiger partial charge in [0.25, 0.3) is 5.91 Å². The Bertz CT molecular complexity index is 966. The molecule has 3 rings (SSSR count). The summed E-state index contributed by atoms with van der Waals surface area (Å²) in [6.07, 6.45) is 3.19. The van der Waals surface area contributed by atoms with Crippen LogP contribution in [0.3, 0.4) is 0 Å². The van der Waals surface area contributed by atoms with Crippen molar-refractivity contribution in [3.05, 3.63) is 51.8 Å². The lowest BCUT2D eigenvalue weighted by molar-refractivity contribution is 0.0931. The molecule has 2 aromatic rings. The van der Waals surface area contributed by atoms with Crippen LogP contribution in [0.15, 0.2) is 35.4 Å². The first-order valence-electron chi connectivity index (χ1n) is 8.62. The van der Waals surface area contributed by atoms with Crippen LogP contribution in [0.1, 0.15) is 41.9 Å². The van der Waals surface area contributed by atoms with E-state index < -0.39 is 10.0 Å². The number of hydrogen-bond donors (Lipinski definition) is 1. The molecule has 0 radical (unpaired) electrons. The first-order valence-corrected chi connectivity index (χ1v) is 10.8. The molecule has 146 valence electrons. The molecule has 9 heteroatoms. The van der Waals surface area contributed by atoms with Crippen LogP contribution in [0.2, 0.25) is 10.0 Å². The minimum Gasteiger partial charge on any atom is -0.345 e. The molecule has 0 unspecified atom stereocenters. The highest BCUT2D eigenvalue weighted by Crippen LogP contribution is 2.27.